The quantitative estimate of drug-likeness (QED) is 0.914. The molecule has 0 aliphatic carbocycles. The molecule has 5 nitrogen and oxygen atoms in total. The van der Waals surface area contributed by atoms with Crippen molar-refractivity contribution in [3.63, 3.8) is 0 Å². The summed E-state index contributed by atoms with van der Waals surface area (Å²) < 4.78 is 1.61. The lowest BCUT2D eigenvalue weighted by molar-refractivity contribution is -0.122. The number of nitrogens with two attached hydrogens (primary N) is 1. The van der Waals surface area contributed by atoms with Crippen LogP contribution in [0.5, 0.6) is 0 Å². The number of nitrogen functional groups attached to an aromatic ring is 1. The van der Waals surface area contributed by atoms with Gasteiger partial charge in [-0.25, -0.2) is 4.98 Å². The highest BCUT2D eigenvalue weighted by Crippen LogP contribution is 2.28. The summed E-state index contributed by atoms with van der Waals surface area (Å²) in [5.74, 6) is 0.124. The summed E-state index contributed by atoms with van der Waals surface area (Å²) in [6.45, 7) is 3.88. The molecule has 102 valence electrons. The van der Waals surface area contributed by atoms with E-state index >= 15 is 0 Å². The molecule has 0 spiro atoms. The highest BCUT2D eigenvalue weighted by atomic mass is 35.5. The number of imidazole rings is 1. The van der Waals surface area contributed by atoms with Gasteiger partial charge in [0.25, 0.3) is 0 Å². The van der Waals surface area contributed by atoms with E-state index in [2.05, 4.69) is 10.3 Å². The number of nitrogens with zero attached hydrogens (tertiary/aromatic N) is 2. The maximum Gasteiger partial charge on any atom is 0.240 e. The first-order chi connectivity index (χ1) is 8.88. The van der Waals surface area contributed by atoms with E-state index in [4.69, 9.17) is 28.9 Å². The molecule has 0 aliphatic rings. The van der Waals surface area contributed by atoms with Crippen molar-refractivity contribution in [3.8, 4) is 0 Å². The maximum atomic E-state index is 11.8. The Hall–Kier alpha value is -1.46. The van der Waals surface area contributed by atoms with Crippen LogP contribution in [0.25, 0.3) is 11.0 Å². The van der Waals surface area contributed by atoms with E-state index in [0.29, 0.717) is 21.1 Å². The second-order valence-corrected chi connectivity index (χ2v) is 5.35. The Bertz CT molecular complexity index is 636. The minimum atomic E-state index is -0.132. The van der Waals surface area contributed by atoms with Crippen LogP contribution >= 0.6 is 23.2 Å². The third-order valence-electron chi connectivity index (χ3n) is 2.57. The second kappa shape index (κ2) is 5.27. The molecular formula is C12H14Cl2N4O. The van der Waals surface area contributed by atoms with E-state index in [-0.39, 0.29) is 24.4 Å². The van der Waals surface area contributed by atoms with Gasteiger partial charge in [0.05, 0.1) is 21.1 Å². The smallest absolute Gasteiger partial charge is 0.240 e. The zero-order valence-corrected chi connectivity index (χ0v) is 12.1. The van der Waals surface area contributed by atoms with Crippen LogP contribution in [-0.2, 0) is 11.3 Å². The van der Waals surface area contributed by atoms with Gasteiger partial charge in [0.2, 0.25) is 11.9 Å². The molecular weight excluding hydrogens is 287 g/mol. The van der Waals surface area contributed by atoms with Crippen LogP contribution in [0.1, 0.15) is 13.8 Å². The van der Waals surface area contributed by atoms with Crippen LogP contribution in [0.2, 0.25) is 10.0 Å². The topological polar surface area (TPSA) is 72.9 Å². The van der Waals surface area contributed by atoms with Crippen molar-refractivity contribution in [2.24, 2.45) is 0 Å². The Morgan fingerprint density at radius 3 is 2.68 bits per heavy atom. The molecule has 0 aliphatic heterocycles. The summed E-state index contributed by atoms with van der Waals surface area (Å²) in [5, 5.41) is 3.61. The first kappa shape index (κ1) is 14.0. The van der Waals surface area contributed by atoms with Crippen molar-refractivity contribution in [3.05, 3.63) is 22.2 Å². The molecule has 1 aromatic carbocycles. The number of carbonyl (C=O) groups is 1. The van der Waals surface area contributed by atoms with E-state index in [1.54, 1.807) is 16.7 Å². The van der Waals surface area contributed by atoms with Gasteiger partial charge in [0.15, 0.2) is 0 Å². The summed E-state index contributed by atoms with van der Waals surface area (Å²) in [6.07, 6.45) is 0. The summed E-state index contributed by atoms with van der Waals surface area (Å²) in [7, 11) is 0. The molecule has 2 aromatic rings. The second-order valence-electron chi connectivity index (χ2n) is 4.53. The van der Waals surface area contributed by atoms with Gasteiger partial charge in [-0.15, -0.1) is 0 Å². The monoisotopic (exact) mass is 300 g/mol. The molecule has 0 saturated carbocycles. The van der Waals surface area contributed by atoms with E-state index in [9.17, 15) is 4.79 Å². The standard InChI is InChI=1S/C12H14Cl2N4O/c1-6(2)16-11(19)5-18-10-4-8(14)7(13)3-9(10)17-12(18)15/h3-4,6H,5H2,1-2H3,(H2,15,17)(H,16,19). The number of halogens is 2. The Labute approximate surface area is 120 Å². The van der Waals surface area contributed by atoms with Crippen molar-refractivity contribution in [1.82, 2.24) is 14.9 Å². The van der Waals surface area contributed by atoms with E-state index in [0.717, 1.165) is 0 Å². The van der Waals surface area contributed by atoms with Gasteiger partial charge in [-0.3, -0.25) is 4.79 Å². The lowest BCUT2D eigenvalue weighted by Crippen LogP contribution is -2.33. The van der Waals surface area contributed by atoms with Crippen LogP contribution in [0.15, 0.2) is 12.1 Å². The third kappa shape index (κ3) is 2.93. The van der Waals surface area contributed by atoms with Gasteiger partial charge >= 0.3 is 0 Å². The average molecular weight is 301 g/mol. The van der Waals surface area contributed by atoms with Crippen molar-refractivity contribution in [2.45, 2.75) is 26.4 Å². The van der Waals surface area contributed by atoms with Gasteiger partial charge in [0, 0.05) is 6.04 Å². The van der Waals surface area contributed by atoms with Crippen molar-refractivity contribution in [1.29, 1.82) is 0 Å². The average Bonchev–Trinajstić information content (AvgIpc) is 2.56. The molecule has 0 saturated heterocycles. The molecule has 0 atom stereocenters. The van der Waals surface area contributed by atoms with Crippen LogP contribution in [0.4, 0.5) is 5.95 Å². The maximum absolute atomic E-state index is 11.8. The molecule has 0 unspecified atom stereocenters. The molecule has 0 fully saturated rings. The number of carbonyl (C=O) groups excluding carboxylic acids is 1. The number of rotatable bonds is 3. The molecule has 1 amide bonds. The van der Waals surface area contributed by atoms with Gasteiger partial charge < -0.3 is 15.6 Å². The SMILES string of the molecule is CC(C)NC(=O)Cn1c(N)nc2cc(Cl)c(Cl)cc21. The number of anilines is 1. The molecule has 1 aromatic heterocycles. The Morgan fingerprint density at radius 1 is 1.42 bits per heavy atom. The van der Waals surface area contributed by atoms with Crippen molar-refractivity contribution < 1.29 is 4.79 Å². The first-order valence-corrected chi connectivity index (χ1v) is 6.54. The number of nitrogens with one attached hydrogen (secondary N) is 1. The van der Waals surface area contributed by atoms with Crippen LogP contribution in [-0.4, -0.2) is 21.5 Å². The predicted molar refractivity (Wildman–Crippen MR) is 77.4 cm³/mol. The third-order valence-corrected chi connectivity index (χ3v) is 3.29. The van der Waals surface area contributed by atoms with Gasteiger partial charge in [0.1, 0.15) is 6.54 Å². The zero-order valence-electron chi connectivity index (χ0n) is 10.6. The van der Waals surface area contributed by atoms with E-state index in [1.807, 2.05) is 13.8 Å². The highest BCUT2D eigenvalue weighted by Gasteiger charge is 2.14. The van der Waals surface area contributed by atoms with Gasteiger partial charge in [-0.2, -0.15) is 0 Å². The normalized spacial score (nSPS) is 11.2. The fourth-order valence-electron chi connectivity index (χ4n) is 1.82. The number of hydrogen-bond donors (Lipinski definition) is 2. The molecule has 19 heavy (non-hydrogen) atoms. The fraction of sp³-hybridized carbons (Fsp3) is 0.333. The first-order valence-electron chi connectivity index (χ1n) is 5.78. The number of hydrogen-bond acceptors (Lipinski definition) is 3. The molecule has 7 heteroatoms. The summed E-state index contributed by atoms with van der Waals surface area (Å²) in [6, 6.07) is 3.36. The fourth-order valence-corrected chi connectivity index (χ4v) is 2.13. The number of fused-ring (bicyclic) bond motifs is 1. The van der Waals surface area contributed by atoms with Gasteiger partial charge in [-0.1, -0.05) is 23.2 Å². The van der Waals surface area contributed by atoms with Crippen LogP contribution in [0, 0.1) is 0 Å². The minimum Gasteiger partial charge on any atom is -0.369 e. The van der Waals surface area contributed by atoms with Crippen molar-refractivity contribution in [2.75, 3.05) is 5.73 Å². The predicted octanol–water partition coefficient (Wildman–Crippen LogP) is 2.45. The zero-order chi connectivity index (χ0) is 14.2. The lowest BCUT2D eigenvalue weighted by atomic mass is 10.3. The molecule has 0 radical (unpaired) electrons. The Balaban J connectivity index is 2.40. The number of benzene rings is 1. The van der Waals surface area contributed by atoms with Gasteiger partial charge in [-0.05, 0) is 26.0 Å². The Morgan fingerprint density at radius 2 is 2.05 bits per heavy atom. The number of aromatic nitrogens is 2. The largest absolute Gasteiger partial charge is 0.369 e. The van der Waals surface area contributed by atoms with Crippen molar-refractivity contribution >= 4 is 46.1 Å². The minimum absolute atomic E-state index is 0.0709. The molecule has 0 bridgehead atoms. The summed E-state index contributed by atoms with van der Waals surface area (Å²) in [5.41, 5.74) is 7.12. The highest BCUT2D eigenvalue weighted by molar-refractivity contribution is 6.42. The lowest BCUT2D eigenvalue weighted by Gasteiger charge is -2.10. The van der Waals surface area contributed by atoms with E-state index < -0.39 is 0 Å². The Kier molecular flexibility index (Phi) is 3.87. The molecule has 3 N–H and O–H groups in total. The van der Waals surface area contributed by atoms with Crippen LogP contribution in [0.3, 0.4) is 0 Å². The van der Waals surface area contributed by atoms with Crippen LogP contribution < -0.4 is 11.1 Å². The molecule has 1 heterocycles. The van der Waals surface area contributed by atoms with E-state index in [1.165, 1.54) is 0 Å². The summed E-state index contributed by atoms with van der Waals surface area (Å²) >= 11 is 11.9. The molecule has 2 rings (SSSR count). The summed E-state index contributed by atoms with van der Waals surface area (Å²) in [4.78, 5) is 16.0. The number of amides is 1.